The van der Waals surface area contributed by atoms with Crippen molar-refractivity contribution in [1.29, 1.82) is 0 Å². The second kappa shape index (κ2) is 32.3. The molecule has 0 bridgehead atoms. The van der Waals surface area contributed by atoms with Crippen LogP contribution in [0.2, 0.25) is 0 Å². The van der Waals surface area contributed by atoms with Gasteiger partial charge in [0.25, 0.3) is 0 Å². The average Bonchev–Trinajstić information content (AvgIpc) is 3.80. The van der Waals surface area contributed by atoms with E-state index in [2.05, 4.69) is 63.5 Å². The van der Waals surface area contributed by atoms with E-state index in [1.54, 1.807) is 74.6 Å². The lowest BCUT2D eigenvalue weighted by Crippen LogP contribution is -2.57. The highest BCUT2D eigenvalue weighted by Crippen LogP contribution is 2.19. The molecule has 26 nitrogen and oxygen atoms in total. The first-order chi connectivity index (χ1) is 35.7. The smallest absolute Gasteiger partial charge is 0.245 e. The van der Waals surface area contributed by atoms with E-state index in [-0.39, 0.29) is 56.8 Å². The standard InChI is InChI=1S/C49H72N14O12/c1-5-29(4)37(20-52-21-39(51)65)61-42(68)24-55-41(67)22-56-46(72)35(16-30-11-7-6-8-12-30)63-49(75)34(15-28(2)3)59-44(70)25-57-47(73)36(17-31-19-53-33-14-10-9-13-32(31)33)60-45(71)26-58-48(74)38(27-64)62-43(69)23-54-40(66)18-50/h6-14,19,28-29,34-38,52-53,64H,5,15-18,20-27,50H2,1-4H3,(H2,51,65)(H,54,66)(H,55,67)(H,56,72)(H,57,73)(H,58,74)(H,59,70)(H,60,71)(H,61,68)(H,62,69)(H,63,75)/t29-,34-,35+,36-,37?,38-/m1/s1. The number of nitrogens with two attached hydrogens (primary N) is 2. The topological polar surface area (TPSA) is 408 Å². The first-order valence-electron chi connectivity index (χ1n) is 24.5. The van der Waals surface area contributed by atoms with Crippen LogP contribution < -0.4 is 70.0 Å². The maximum absolute atomic E-state index is 14.0. The molecular formula is C49H72N14O12. The molecule has 0 radical (unpaired) electrons. The quantitative estimate of drug-likeness (QED) is 0.0272. The van der Waals surface area contributed by atoms with Gasteiger partial charge in [0, 0.05) is 42.5 Å². The number of primary amides is 1. The molecule has 1 aromatic heterocycles. The summed E-state index contributed by atoms with van der Waals surface area (Å²) in [6.45, 7) is 3.58. The van der Waals surface area contributed by atoms with Gasteiger partial charge >= 0.3 is 0 Å². The molecule has 0 fully saturated rings. The number of aromatic amines is 1. The van der Waals surface area contributed by atoms with Crippen LogP contribution in [0.5, 0.6) is 0 Å². The minimum absolute atomic E-state index is 0.00998. The van der Waals surface area contributed by atoms with E-state index in [0.29, 0.717) is 11.1 Å². The van der Waals surface area contributed by atoms with Gasteiger partial charge in [0.2, 0.25) is 65.0 Å². The van der Waals surface area contributed by atoms with Crippen LogP contribution >= 0.6 is 0 Å². The van der Waals surface area contributed by atoms with Crippen LogP contribution in [0, 0.1) is 11.8 Å². The second-order valence-corrected chi connectivity index (χ2v) is 18.1. The summed E-state index contributed by atoms with van der Waals surface area (Å²) >= 11 is 0. The zero-order valence-electron chi connectivity index (χ0n) is 42.6. The number of amides is 11. The summed E-state index contributed by atoms with van der Waals surface area (Å²) in [6.07, 6.45) is 2.38. The third kappa shape index (κ3) is 22.8. The van der Waals surface area contributed by atoms with Crippen molar-refractivity contribution in [2.24, 2.45) is 23.3 Å². The van der Waals surface area contributed by atoms with Crippen molar-refractivity contribution in [3.63, 3.8) is 0 Å². The molecule has 11 amide bonds. The Morgan fingerprint density at radius 1 is 0.560 bits per heavy atom. The molecule has 0 saturated carbocycles. The number of H-pyrrole nitrogens is 1. The largest absolute Gasteiger partial charge is 0.394 e. The van der Waals surface area contributed by atoms with Gasteiger partial charge in [-0.15, -0.1) is 0 Å². The Hall–Kier alpha value is -7.97. The third-order valence-electron chi connectivity index (χ3n) is 11.5. The summed E-state index contributed by atoms with van der Waals surface area (Å²) in [6, 6.07) is 10.3. The lowest BCUT2D eigenvalue weighted by molar-refractivity contribution is -0.133. The predicted octanol–water partition coefficient (Wildman–Crippen LogP) is -4.92. The van der Waals surface area contributed by atoms with Crippen molar-refractivity contribution in [2.45, 2.75) is 83.6 Å². The molecule has 3 rings (SSSR count). The van der Waals surface area contributed by atoms with E-state index in [1.165, 1.54) is 0 Å². The Labute approximate surface area is 433 Å². The van der Waals surface area contributed by atoms with Crippen LogP contribution in [-0.4, -0.2) is 164 Å². The van der Waals surface area contributed by atoms with E-state index in [9.17, 15) is 57.8 Å². The Bertz CT molecular complexity index is 2430. The van der Waals surface area contributed by atoms with Crippen molar-refractivity contribution in [2.75, 3.05) is 59.0 Å². The number of carbonyl (C=O) groups is 11. The lowest BCUT2D eigenvalue weighted by Gasteiger charge is -2.25. The number of hydrogen-bond donors (Lipinski definition) is 15. The highest BCUT2D eigenvalue weighted by molar-refractivity contribution is 5.97. The van der Waals surface area contributed by atoms with Crippen molar-refractivity contribution in [3.8, 4) is 0 Å². The van der Waals surface area contributed by atoms with Crippen LogP contribution in [0.4, 0.5) is 0 Å². The van der Waals surface area contributed by atoms with Gasteiger partial charge in [-0.05, 0) is 35.4 Å². The number of aromatic nitrogens is 1. The molecule has 26 heteroatoms. The van der Waals surface area contributed by atoms with Gasteiger partial charge in [-0.1, -0.05) is 82.6 Å². The van der Waals surface area contributed by atoms with E-state index in [1.807, 2.05) is 13.8 Å². The van der Waals surface area contributed by atoms with Gasteiger partial charge in [0.05, 0.1) is 52.4 Å². The fourth-order valence-electron chi connectivity index (χ4n) is 7.35. The minimum atomic E-state index is -1.50. The molecule has 3 aromatic rings. The zero-order valence-corrected chi connectivity index (χ0v) is 42.6. The summed E-state index contributed by atoms with van der Waals surface area (Å²) in [4.78, 5) is 144. The zero-order chi connectivity index (χ0) is 55.5. The Balaban J connectivity index is 1.67. The van der Waals surface area contributed by atoms with E-state index >= 15 is 0 Å². The van der Waals surface area contributed by atoms with E-state index in [0.717, 1.165) is 17.3 Å². The summed E-state index contributed by atoms with van der Waals surface area (Å²) in [5, 5.41) is 38.2. The fraction of sp³-hybridized carbons (Fsp3) is 0.490. The van der Waals surface area contributed by atoms with Gasteiger partial charge in [-0.3, -0.25) is 52.7 Å². The number of nitrogens with one attached hydrogen (secondary N) is 12. The number of aliphatic hydroxyl groups is 1. The number of hydrogen-bond acceptors (Lipinski definition) is 14. The van der Waals surface area contributed by atoms with Crippen LogP contribution in [0.15, 0.2) is 60.8 Å². The van der Waals surface area contributed by atoms with Crippen molar-refractivity contribution in [1.82, 2.24) is 63.5 Å². The Morgan fingerprint density at radius 3 is 1.64 bits per heavy atom. The van der Waals surface area contributed by atoms with Crippen molar-refractivity contribution >= 4 is 75.9 Å². The normalized spacial score (nSPS) is 13.3. The van der Waals surface area contributed by atoms with Crippen LogP contribution in [0.25, 0.3) is 10.9 Å². The lowest BCUT2D eigenvalue weighted by atomic mass is 9.99. The molecule has 6 atom stereocenters. The first-order valence-corrected chi connectivity index (χ1v) is 24.5. The molecule has 0 aliphatic carbocycles. The predicted molar refractivity (Wildman–Crippen MR) is 274 cm³/mol. The highest BCUT2D eigenvalue weighted by atomic mass is 16.3. The molecule has 2 aromatic carbocycles. The highest BCUT2D eigenvalue weighted by Gasteiger charge is 2.30. The number of benzene rings is 2. The maximum Gasteiger partial charge on any atom is 0.245 e. The van der Waals surface area contributed by atoms with Crippen molar-refractivity contribution in [3.05, 3.63) is 71.9 Å². The summed E-state index contributed by atoms with van der Waals surface area (Å²) < 4.78 is 0. The maximum atomic E-state index is 14.0. The summed E-state index contributed by atoms with van der Waals surface area (Å²) in [5.41, 5.74) is 12.4. The van der Waals surface area contributed by atoms with E-state index < -0.39 is 128 Å². The SMILES string of the molecule is CC[C@@H](C)C(CNCC(N)=O)NC(=O)CNC(=O)CNC(=O)[C@H](Cc1ccccc1)NC(=O)[C@@H](CC(C)C)NC(=O)CNC(=O)[C@@H](Cc1c[nH]c2ccccc12)NC(=O)CNC(=O)[C@@H](CO)NC(=O)CNC(=O)CN. The van der Waals surface area contributed by atoms with E-state index in [4.69, 9.17) is 11.5 Å². The summed E-state index contributed by atoms with van der Waals surface area (Å²) in [5.74, 6) is -8.21. The second-order valence-electron chi connectivity index (χ2n) is 18.1. The molecule has 410 valence electrons. The van der Waals surface area contributed by atoms with Gasteiger partial charge in [-0.2, -0.15) is 0 Å². The van der Waals surface area contributed by atoms with Crippen molar-refractivity contribution < 1.29 is 57.8 Å². The number of rotatable bonds is 33. The molecule has 0 aliphatic heterocycles. The molecule has 0 spiro atoms. The van der Waals surface area contributed by atoms with Crippen LogP contribution in [0.3, 0.4) is 0 Å². The van der Waals surface area contributed by atoms with Gasteiger partial charge in [0.1, 0.15) is 24.2 Å². The van der Waals surface area contributed by atoms with Crippen LogP contribution in [0.1, 0.15) is 51.7 Å². The molecule has 17 N–H and O–H groups in total. The number of fused-ring (bicyclic) bond motifs is 1. The Morgan fingerprint density at radius 2 is 1.07 bits per heavy atom. The molecule has 1 unspecified atom stereocenters. The van der Waals surface area contributed by atoms with Crippen LogP contribution in [-0.2, 0) is 65.6 Å². The number of aliphatic hydroxyl groups excluding tert-OH is 1. The number of carbonyl (C=O) groups excluding carboxylic acids is 11. The summed E-state index contributed by atoms with van der Waals surface area (Å²) in [7, 11) is 0. The molecule has 0 aliphatic rings. The van der Waals surface area contributed by atoms with Gasteiger partial charge in [-0.25, -0.2) is 0 Å². The first kappa shape index (κ1) is 61.3. The minimum Gasteiger partial charge on any atom is -0.394 e. The Kier molecular flexibility index (Phi) is 26.4. The molecule has 0 saturated heterocycles. The fourth-order valence-corrected chi connectivity index (χ4v) is 7.35. The third-order valence-corrected chi connectivity index (χ3v) is 11.5. The molecule has 1 heterocycles. The molecular weight excluding hydrogens is 977 g/mol. The number of para-hydroxylation sites is 1. The average molecular weight is 1050 g/mol. The van der Waals surface area contributed by atoms with Gasteiger partial charge < -0.3 is 80.0 Å². The monoisotopic (exact) mass is 1050 g/mol. The van der Waals surface area contributed by atoms with Gasteiger partial charge in [0.15, 0.2) is 0 Å². The molecule has 75 heavy (non-hydrogen) atoms.